The summed E-state index contributed by atoms with van der Waals surface area (Å²) in [6.45, 7) is 1.37. The van der Waals surface area contributed by atoms with Crippen LogP contribution in [0, 0.1) is 5.92 Å². The molecule has 2 aromatic rings. The smallest absolute Gasteiger partial charge is 0.168 e. The van der Waals surface area contributed by atoms with E-state index in [4.69, 9.17) is 9.47 Å². The van der Waals surface area contributed by atoms with Gasteiger partial charge in [0.2, 0.25) is 0 Å². The van der Waals surface area contributed by atoms with Crippen LogP contribution < -0.4 is 0 Å². The van der Waals surface area contributed by atoms with Gasteiger partial charge in [0.05, 0.1) is 13.2 Å². The van der Waals surface area contributed by atoms with Gasteiger partial charge >= 0.3 is 0 Å². The van der Waals surface area contributed by atoms with Crippen molar-refractivity contribution < 1.29 is 14.6 Å². The molecule has 0 atom stereocenters. The van der Waals surface area contributed by atoms with Crippen LogP contribution >= 0.6 is 0 Å². The summed E-state index contributed by atoms with van der Waals surface area (Å²) in [5, 5.41) is 11.8. The number of ether oxygens (including phenoxy) is 2. The Labute approximate surface area is 143 Å². The van der Waals surface area contributed by atoms with Gasteiger partial charge in [0.1, 0.15) is 5.60 Å². The minimum absolute atomic E-state index is 0.153. The first-order valence-corrected chi connectivity index (χ1v) is 8.84. The lowest BCUT2D eigenvalue weighted by atomic mass is 9.69. The van der Waals surface area contributed by atoms with Gasteiger partial charge in [-0.1, -0.05) is 60.7 Å². The van der Waals surface area contributed by atoms with Gasteiger partial charge in [0.15, 0.2) is 5.79 Å². The SMILES string of the molecule is OC(c1ccccc1)(c1ccccc1)C1CCC2(CC1)OCCO2. The molecule has 2 fully saturated rings. The zero-order valence-electron chi connectivity index (χ0n) is 13.9. The molecule has 0 radical (unpaired) electrons. The molecule has 24 heavy (non-hydrogen) atoms. The molecule has 0 amide bonds. The van der Waals surface area contributed by atoms with Crippen molar-refractivity contribution in [2.45, 2.75) is 37.1 Å². The van der Waals surface area contributed by atoms with Gasteiger partial charge < -0.3 is 14.6 Å². The highest BCUT2D eigenvalue weighted by Crippen LogP contribution is 2.47. The Kier molecular flexibility index (Phi) is 4.17. The predicted octanol–water partition coefficient (Wildman–Crippen LogP) is 3.86. The molecular formula is C21H24O3. The Balaban J connectivity index is 1.67. The Morgan fingerprint density at radius 2 is 1.25 bits per heavy atom. The topological polar surface area (TPSA) is 38.7 Å². The van der Waals surface area contributed by atoms with Crippen LogP contribution in [0.15, 0.2) is 60.7 Å². The average Bonchev–Trinajstić information content (AvgIpc) is 3.11. The van der Waals surface area contributed by atoms with E-state index in [0.29, 0.717) is 13.2 Å². The number of aliphatic hydroxyl groups is 1. The Hall–Kier alpha value is -1.68. The molecular weight excluding hydrogens is 300 g/mol. The van der Waals surface area contributed by atoms with Crippen molar-refractivity contribution in [1.82, 2.24) is 0 Å². The monoisotopic (exact) mass is 324 g/mol. The lowest BCUT2D eigenvalue weighted by molar-refractivity contribution is -0.191. The van der Waals surface area contributed by atoms with E-state index in [0.717, 1.165) is 36.8 Å². The zero-order chi connectivity index (χ0) is 16.5. The van der Waals surface area contributed by atoms with Gasteiger partial charge in [-0.15, -0.1) is 0 Å². The van der Waals surface area contributed by atoms with E-state index in [1.807, 2.05) is 60.7 Å². The lowest BCUT2D eigenvalue weighted by Crippen LogP contribution is -2.43. The molecule has 0 bridgehead atoms. The van der Waals surface area contributed by atoms with Crippen molar-refractivity contribution in [3.8, 4) is 0 Å². The molecule has 2 aliphatic rings. The van der Waals surface area contributed by atoms with Crippen LogP contribution in [-0.4, -0.2) is 24.1 Å². The summed E-state index contributed by atoms with van der Waals surface area (Å²) in [7, 11) is 0. The van der Waals surface area contributed by atoms with E-state index >= 15 is 0 Å². The second kappa shape index (κ2) is 6.32. The van der Waals surface area contributed by atoms with Gasteiger partial charge in [-0.25, -0.2) is 0 Å². The molecule has 0 aromatic heterocycles. The van der Waals surface area contributed by atoms with E-state index < -0.39 is 11.4 Å². The second-order valence-corrected chi connectivity index (χ2v) is 6.88. The van der Waals surface area contributed by atoms with E-state index in [9.17, 15) is 5.11 Å². The molecule has 1 spiro atoms. The van der Waals surface area contributed by atoms with Gasteiger partial charge in [0.25, 0.3) is 0 Å². The van der Waals surface area contributed by atoms with Gasteiger partial charge in [-0.3, -0.25) is 0 Å². The number of benzene rings is 2. The largest absolute Gasteiger partial charge is 0.380 e. The van der Waals surface area contributed by atoms with Crippen LogP contribution in [0.1, 0.15) is 36.8 Å². The van der Waals surface area contributed by atoms with E-state index in [1.165, 1.54) is 0 Å². The summed E-state index contributed by atoms with van der Waals surface area (Å²) >= 11 is 0. The Morgan fingerprint density at radius 3 is 1.71 bits per heavy atom. The van der Waals surface area contributed by atoms with E-state index in [2.05, 4.69) is 0 Å². The summed E-state index contributed by atoms with van der Waals surface area (Å²) in [5.41, 5.74) is 0.957. The minimum atomic E-state index is -0.970. The highest BCUT2D eigenvalue weighted by atomic mass is 16.7. The first-order valence-electron chi connectivity index (χ1n) is 8.84. The fourth-order valence-corrected chi connectivity index (χ4v) is 4.28. The second-order valence-electron chi connectivity index (χ2n) is 6.88. The third-order valence-electron chi connectivity index (χ3n) is 5.58. The molecule has 1 saturated heterocycles. The lowest BCUT2D eigenvalue weighted by Gasteiger charge is -2.43. The maximum atomic E-state index is 11.8. The molecule has 1 N–H and O–H groups in total. The number of rotatable bonds is 3. The first kappa shape index (κ1) is 15.8. The van der Waals surface area contributed by atoms with Gasteiger partial charge in [-0.05, 0) is 29.9 Å². The standard InChI is InChI=1S/C21H24O3/c22-21(17-7-3-1-4-8-17,18-9-5-2-6-10-18)19-11-13-20(14-12-19)23-15-16-24-20/h1-10,19,22H,11-16H2. The molecule has 3 nitrogen and oxygen atoms in total. The summed E-state index contributed by atoms with van der Waals surface area (Å²) in [6, 6.07) is 20.1. The molecule has 2 aromatic carbocycles. The highest BCUT2D eigenvalue weighted by Gasteiger charge is 2.47. The van der Waals surface area contributed by atoms with Crippen LogP contribution in [0.5, 0.6) is 0 Å². The van der Waals surface area contributed by atoms with Crippen LogP contribution in [0.25, 0.3) is 0 Å². The van der Waals surface area contributed by atoms with Crippen LogP contribution in [0.2, 0.25) is 0 Å². The summed E-state index contributed by atoms with van der Waals surface area (Å²) in [4.78, 5) is 0. The third kappa shape index (κ3) is 2.67. The Bertz CT molecular complexity index is 612. The fourth-order valence-electron chi connectivity index (χ4n) is 4.28. The fraction of sp³-hybridized carbons (Fsp3) is 0.429. The number of hydrogen-bond acceptors (Lipinski definition) is 3. The third-order valence-corrected chi connectivity index (χ3v) is 5.58. The van der Waals surface area contributed by atoms with E-state index in [-0.39, 0.29) is 5.92 Å². The predicted molar refractivity (Wildman–Crippen MR) is 92.5 cm³/mol. The first-order chi connectivity index (χ1) is 11.7. The summed E-state index contributed by atoms with van der Waals surface area (Å²) in [5.74, 6) is -0.245. The quantitative estimate of drug-likeness (QED) is 0.932. The van der Waals surface area contributed by atoms with Crippen molar-refractivity contribution >= 4 is 0 Å². The number of hydrogen-bond donors (Lipinski definition) is 1. The molecule has 0 unspecified atom stereocenters. The van der Waals surface area contributed by atoms with Crippen LogP contribution in [0.3, 0.4) is 0 Å². The molecule has 4 rings (SSSR count). The Morgan fingerprint density at radius 1 is 0.792 bits per heavy atom. The van der Waals surface area contributed by atoms with E-state index in [1.54, 1.807) is 0 Å². The van der Waals surface area contributed by atoms with Crippen molar-refractivity contribution in [1.29, 1.82) is 0 Å². The molecule has 1 aliphatic carbocycles. The molecule has 1 heterocycles. The molecule has 3 heteroatoms. The average molecular weight is 324 g/mol. The normalized spacial score (nSPS) is 21.2. The van der Waals surface area contributed by atoms with Crippen molar-refractivity contribution in [3.05, 3.63) is 71.8 Å². The van der Waals surface area contributed by atoms with Crippen molar-refractivity contribution in [2.75, 3.05) is 13.2 Å². The van der Waals surface area contributed by atoms with Crippen molar-refractivity contribution in [2.24, 2.45) is 5.92 Å². The van der Waals surface area contributed by atoms with Crippen LogP contribution in [0.4, 0.5) is 0 Å². The van der Waals surface area contributed by atoms with Crippen molar-refractivity contribution in [3.63, 3.8) is 0 Å². The van der Waals surface area contributed by atoms with Gasteiger partial charge in [0, 0.05) is 12.8 Å². The minimum Gasteiger partial charge on any atom is -0.380 e. The molecule has 1 aliphatic heterocycles. The zero-order valence-corrected chi connectivity index (χ0v) is 13.9. The summed E-state index contributed by atoms with van der Waals surface area (Å²) < 4.78 is 11.7. The highest BCUT2D eigenvalue weighted by molar-refractivity contribution is 5.37. The van der Waals surface area contributed by atoms with Gasteiger partial charge in [-0.2, -0.15) is 0 Å². The maximum absolute atomic E-state index is 11.8. The summed E-state index contributed by atoms with van der Waals surface area (Å²) in [6.07, 6.45) is 3.47. The van der Waals surface area contributed by atoms with Crippen LogP contribution in [-0.2, 0) is 15.1 Å². The molecule has 1 saturated carbocycles. The molecule has 126 valence electrons. The maximum Gasteiger partial charge on any atom is 0.168 e.